The number of hydrogen-bond donors (Lipinski definition) is 2. The average Bonchev–Trinajstić information content (AvgIpc) is 2.44. The van der Waals surface area contributed by atoms with Crippen molar-refractivity contribution in [2.45, 2.75) is 12.5 Å². The number of nitrogens with two attached hydrogens (primary N) is 1. The molecule has 1 amide bonds. The van der Waals surface area contributed by atoms with Gasteiger partial charge in [-0.3, -0.25) is 9.78 Å². The molecule has 0 aliphatic carbocycles. The van der Waals surface area contributed by atoms with Gasteiger partial charge in [0.15, 0.2) is 0 Å². The van der Waals surface area contributed by atoms with E-state index in [1.165, 1.54) is 0 Å². The summed E-state index contributed by atoms with van der Waals surface area (Å²) in [6, 6.07) is 9.01. The highest BCUT2D eigenvalue weighted by atomic mass is 32.2. The van der Waals surface area contributed by atoms with E-state index < -0.39 is 6.04 Å². The van der Waals surface area contributed by atoms with Gasteiger partial charge < -0.3 is 11.1 Å². The van der Waals surface area contributed by atoms with E-state index in [2.05, 4.69) is 10.3 Å². The Morgan fingerprint density at radius 3 is 3.11 bits per heavy atom. The Kier molecular flexibility index (Phi) is 4.76. The lowest BCUT2D eigenvalue weighted by atomic mass is 10.2. The number of anilines is 1. The van der Waals surface area contributed by atoms with Crippen LogP contribution in [0.4, 0.5) is 5.69 Å². The molecular weight excluding hydrogens is 258 g/mol. The van der Waals surface area contributed by atoms with Gasteiger partial charge in [0.25, 0.3) is 0 Å². The van der Waals surface area contributed by atoms with Crippen molar-refractivity contribution in [1.29, 1.82) is 0 Å². The second kappa shape index (κ2) is 6.54. The molecule has 1 heterocycles. The highest BCUT2D eigenvalue weighted by molar-refractivity contribution is 7.98. The van der Waals surface area contributed by atoms with Gasteiger partial charge in [-0.1, -0.05) is 6.07 Å². The summed E-state index contributed by atoms with van der Waals surface area (Å²) < 4.78 is 0. The molecule has 0 radical (unpaired) electrons. The third kappa shape index (κ3) is 3.68. The lowest BCUT2D eigenvalue weighted by molar-refractivity contribution is -0.117. The van der Waals surface area contributed by atoms with Crippen LogP contribution >= 0.6 is 11.8 Å². The van der Waals surface area contributed by atoms with Crippen LogP contribution in [-0.2, 0) is 4.79 Å². The molecule has 0 aliphatic heterocycles. The molecule has 5 heteroatoms. The van der Waals surface area contributed by atoms with E-state index >= 15 is 0 Å². The van der Waals surface area contributed by atoms with E-state index in [-0.39, 0.29) is 5.91 Å². The molecule has 2 aromatic rings. The number of pyridine rings is 1. The summed E-state index contributed by atoms with van der Waals surface area (Å²) >= 11 is 1.69. The number of nitrogens with zero attached hydrogens (tertiary/aromatic N) is 1. The van der Waals surface area contributed by atoms with Crippen LogP contribution in [0.1, 0.15) is 6.42 Å². The molecule has 1 aromatic carbocycles. The van der Waals surface area contributed by atoms with Gasteiger partial charge in [0.1, 0.15) is 0 Å². The minimum atomic E-state index is -0.461. The van der Waals surface area contributed by atoms with Gasteiger partial charge in [-0.15, -0.1) is 0 Å². The van der Waals surface area contributed by atoms with Crippen LogP contribution in [0, 0.1) is 0 Å². The molecule has 0 spiro atoms. The average molecular weight is 275 g/mol. The molecule has 0 fully saturated rings. The molecule has 1 atom stereocenters. The first kappa shape index (κ1) is 13.8. The van der Waals surface area contributed by atoms with Crippen molar-refractivity contribution in [3.8, 4) is 0 Å². The first-order valence-electron chi connectivity index (χ1n) is 6.11. The van der Waals surface area contributed by atoms with Crippen molar-refractivity contribution in [2.75, 3.05) is 17.3 Å². The zero-order valence-corrected chi connectivity index (χ0v) is 11.6. The summed E-state index contributed by atoms with van der Waals surface area (Å²) in [6.07, 6.45) is 4.43. The monoisotopic (exact) mass is 275 g/mol. The first-order valence-corrected chi connectivity index (χ1v) is 7.50. The number of thioether (sulfide) groups is 1. The molecule has 3 N–H and O–H groups in total. The molecular formula is C14H17N3OS. The predicted molar refractivity (Wildman–Crippen MR) is 81.3 cm³/mol. The molecule has 0 saturated carbocycles. The number of benzene rings is 1. The number of carbonyl (C=O) groups is 1. The Bertz CT molecular complexity index is 573. The second-order valence-electron chi connectivity index (χ2n) is 4.29. The maximum atomic E-state index is 11.9. The van der Waals surface area contributed by atoms with Gasteiger partial charge in [-0.2, -0.15) is 11.8 Å². The van der Waals surface area contributed by atoms with Gasteiger partial charge in [0, 0.05) is 17.3 Å². The van der Waals surface area contributed by atoms with Gasteiger partial charge in [0.2, 0.25) is 5.91 Å². The van der Waals surface area contributed by atoms with Crippen LogP contribution < -0.4 is 11.1 Å². The quantitative estimate of drug-likeness (QED) is 0.878. The Labute approximate surface area is 116 Å². The molecule has 0 unspecified atom stereocenters. The predicted octanol–water partition coefficient (Wildman–Crippen LogP) is 2.25. The van der Waals surface area contributed by atoms with E-state index in [0.717, 1.165) is 22.3 Å². The van der Waals surface area contributed by atoms with Crippen LogP contribution in [0.5, 0.6) is 0 Å². The van der Waals surface area contributed by atoms with E-state index in [4.69, 9.17) is 5.73 Å². The van der Waals surface area contributed by atoms with Crippen LogP contribution in [-0.4, -0.2) is 28.9 Å². The van der Waals surface area contributed by atoms with Crippen molar-refractivity contribution in [3.63, 3.8) is 0 Å². The van der Waals surface area contributed by atoms with Crippen molar-refractivity contribution in [1.82, 2.24) is 4.98 Å². The van der Waals surface area contributed by atoms with Crippen LogP contribution in [0.25, 0.3) is 10.9 Å². The molecule has 19 heavy (non-hydrogen) atoms. The van der Waals surface area contributed by atoms with Crippen molar-refractivity contribution in [3.05, 3.63) is 36.5 Å². The summed E-state index contributed by atoms with van der Waals surface area (Å²) in [5.74, 6) is 0.744. The fourth-order valence-corrected chi connectivity index (χ4v) is 2.25. The third-order valence-corrected chi connectivity index (χ3v) is 3.48. The number of nitrogens with one attached hydrogen (secondary N) is 1. The lowest BCUT2D eigenvalue weighted by Gasteiger charge is -2.12. The zero-order chi connectivity index (χ0) is 13.7. The molecule has 0 bridgehead atoms. The van der Waals surface area contributed by atoms with Crippen LogP contribution in [0.3, 0.4) is 0 Å². The lowest BCUT2D eigenvalue weighted by Crippen LogP contribution is -2.36. The highest BCUT2D eigenvalue weighted by Gasteiger charge is 2.13. The van der Waals surface area contributed by atoms with Crippen LogP contribution in [0.15, 0.2) is 36.5 Å². The van der Waals surface area contributed by atoms with Crippen molar-refractivity contribution < 1.29 is 4.79 Å². The molecule has 0 saturated heterocycles. The third-order valence-electron chi connectivity index (χ3n) is 2.84. The van der Waals surface area contributed by atoms with E-state index in [1.54, 1.807) is 18.0 Å². The Hall–Kier alpha value is -1.59. The Balaban J connectivity index is 2.06. The highest BCUT2D eigenvalue weighted by Crippen LogP contribution is 2.17. The molecule has 100 valence electrons. The van der Waals surface area contributed by atoms with Crippen molar-refractivity contribution in [2.24, 2.45) is 5.73 Å². The van der Waals surface area contributed by atoms with Crippen LogP contribution in [0.2, 0.25) is 0 Å². The molecule has 1 aromatic heterocycles. The number of carbonyl (C=O) groups excluding carboxylic acids is 1. The number of hydrogen-bond acceptors (Lipinski definition) is 4. The van der Waals surface area contributed by atoms with E-state index in [9.17, 15) is 4.79 Å². The van der Waals surface area contributed by atoms with E-state index in [0.29, 0.717) is 6.42 Å². The van der Waals surface area contributed by atoms with Gasteiger partial charge in [-0.05, 0) is 42.7 Å². The largest absolute Gasteiger partial charge is 0.325 e. The molecule has 2 rings (SSSR count). The number of amides is 1. The summed E-state index contributed by atoms with van der Waals surface area (Å²) in [7, 11) is 0. The molecule has 0 aliphatic rings. The van der Waals surface area contributed by atoms with Crippen molar-refractivity contribution >= 4 is 34.3 Å². The Morgan fingerprint density at radius 2 is 2.32 bits per heavy atom. The number of rotatable bonds is 5. The first-order chi connectivity index (χ1) is 9.20. The fourth-order valence-electron chi connectivity index (χ4n) is 1.76. The summed E-state index contributed by atoms with van der Waals surface area (Å²) in [4.78, 5) is 16.1. The SMILES string of the molecule is CSCC[C@@H](N)C(=O)Nc1ccc2ncccc2c1. The normalized spacial score (nSPS) is 12.3. The maximum absolute atomic E-state index is 11.9. The van der Waals surface area contributed by atoms with Gasteiger partial charge in [-0.25, -0.2) is 0 Å². The fraction of sp³-hybridized carbons (Fsp3) is 0.286. The number of fused-ring (bicyclic) bond motifs is 1. The smallest absolute Gasteiger partial charge is 0.241 e. The maximum Gasteiger partial charge on any atom is 0.241 e. The topological polar surface area (TPSA) is 68.0 Å². The number of aromatic nitrogens is 1. The standard InChI is InChI=1S/C14H17N3OS/c1-19-8-6-12(15)14(18)17-11-4-5-13-10(9-11)3-2-7-16-13/h2-5,7,9,12H,6,8,15H2,1H3,(H,17,18)/t12-/m1/s1. The second-order valence-corrected chi connectivity index (χ2v) is 5.27. The zero-order valence-electron chi connectivity index (χ0n) is 10.8. The van der Waals surface area contributed by atoms with Gasteiger partial charge in [0.05, 0.1) is 11.6 Å². The minimum Gasteiger partial charge on any atom is -0.325 e. The summed E-state index contributed by atoms with van der Waals surface area (Å²) in [6.45, 7) is 0. The Morgan fingerprint density at radius 1 is 1.47 bits per heavy atom. The van der Waals surface area contributed by atoms with E-state index in [1.807, 2.05) is 36.6 Å². The summed E-state index contributed by atoms with van der Waals surface area (Å²) in [5.41, 5.74) is 7.49. The van der Waals surface area contributed by atoms with Gasteiger partial charge >= 0.3 is 0 Å². The summed E-state index contributed by atoms with van der Waals surface area (Å²) in [5, 5.41) is 3.84. The minimum absolute atomic E-state index is 0.141. The molecule has 4 nitrogen and oxygen atoms in total.